The lowest BCUT2D eigenvalue weighted by atomic mass is 10.2. The van der Waals surface area contributed by atoms with Crippen LogP contribution in [0, 0.1) is 5.41 Å². The zero-order valence-corrected chi connectivity index (χ0v) is 10.3. The number of pyridine rings is 1. The fourth-order valence-electron chi connectivity index (χ4n) is 1.98. The lowest BCUT2D eigenvalue weighted by molar-refractivity contribution is 0.712. The molecular weight excluding hydrogens is 212 g/mol. The Morgan fingerprint density at radius 1 is 1.59 bits per heavy atom. The molecule has 0 radical (unpaired) electrons. The van der Waals surface area contributed by atoms with Crippen LogP contribution < -0.4 is 10.6 Å². The number of unbranched alkanes of at least 4 members (excludes halogenated alkanes) is 1. The molecule has 0 unspecified atom stereocenters. The van der Waals surface area contributed by atoms with Gasteiger partial charge in [-0.2, -0.15) is 0 Å². The second-order valence-corrected chi connectivity index (χ2v) is 4.59. The number of nitrogens with one attached hydrogen (secondary N) is 1. The highest BCUT2D eigenvalue weighted by atomic mass is 15.2. The van der Waals surface area contributed by atoms with Crippen molar-refractivity contribution in [3.05, 3.63) is 24.0 Å². The van der Waals surface area contributed by atoms with E-state index in [-0.39, 0.29) is 5.84 Å². The van der Waals surface area contributed by atoms with Gasteiger partial charge in [-0.25, -0.2) is 0 Å². The number of hydrogen-bond donors (Lipinski definition) is 2. The summed E-state index contributed by atoms with van der Waals surface area (Å²) in [6.07, 6.45) is 6.71. The van der Waals surface area contributed by atoms with E-state index in [9.17, 15) is 0 Å². The second kappa shape index (κ2) is 5.17. The van der Waals surface area contributed by atoms with Gasteiger partial charge in [0.2, 0.25) is 0 Å². The number of amidine groups is 1. The third-order valence-electron chi connectivity index (χ3n) is 3.09. The minimum absolute atomic E-state index is 0.0399. The SMILES string of the molecule is CCCCN(c1ccnc(C(=N)N)c1)C1CC1. The van der Waals surface area contributed by atoms with E-state index in [0.717, 1.165) is 12.2 Å². The number of aromatic nitrogens is 1. The predicted octanol–water partition coefficient (Wildman–Crippen LogP) is 2.13. The van der Waals surface area contributed by atoms with Crippen LogP contribution in [0.2, 0.25) is 0 Å². The third-order valence-corrected chi connectivity index (χ3v) is 3.09. The zero-order chi connectivity index (χ0) is 12.3. The molecule has 1 aromatic heterocycles. The Bertz CT molecular complexity index is 398. The van der Waals surface area contributed by atoms with Crippen LogP contribution in [0.5, 0.6) is 0 Å². The van der Waals surface area contributed by atoms with Crippen molar-refractivity contribution in [2.75, 3.05) is 11.4 Å². The molecule has 0 atom stereocenters. The van der Waals surface area contributed by atoms with Gasteiger partial charge in [0.25, 0.3) is 0 Å². The van der Waals surface area contributed by atoms with Crippen molar-refractivity contribution in [2.45, 2.75) is 38.6 Å². The largest absolute Gasteiger partial charge is 0.382 e. The number of hydrogen-bond acceptors (Lipinski definition) is 3. The molecule has 1 aliphatic carbocycles. The van der Waals surface area contributed by atoms with E-state index < -0.39 is 0 Å². The molecule has 0 aromatic carbocycles. The topological polar surface area (TPSA) is 66.0 Å². The highest BCUT2D eigenvalue weighted by Crippen LogP contribution is 2.31. The maximum atomic E-state index is 7.43. The fourth-order valence-corrected chi connectivity index (χ4v) is 1.98. The molecule has 1 fully saturated rings. The van der Waals surface area contributed by atoms with E-state index in [2.05, 4.69) is 16.8 Å². The van der Waals surface area contributed by atoms with Crippen molar-refractivity contribution in [1.82, 2.24) is 4.98 Å². The van der Waals surface area contributed by atoms with Gasteiger partial charge in [0.15, 0.2) is 0 Å². The van der Waals surface area contributed by atoms with Crippen LogP contribution >= 0.6 is 0 Å². The van der Waals surface area contributed by atoms with Gasteiger partial charge in [0.05, 0.1) is 0 Å². The van der Waals surface area contributed by atoms with Crippen LogP contribution in [0.3, 0.4) is 0 Å². The average molecular weight is 232 g/mol. The molecule has 0 saturated heterocycles. The van der Waals surface area contributed by atoms with Gasteiger partial charge in [-0.1, -0.05) is 13.3 Å². The van der Waals surface area contributed by atoms with Gasteiger partial charge < -0.3 is 10.6 Å². The summed E-state index contributed by atoms with van der Waals surface area (Å²) < 4.78 is 0. The lowest BCUT2D eigenvalue weighted by Crippen LogP contribution is -2.27. The van der Waals surface area contributed by atoms with Crippen LogP contribution in [0.4, 0.5) is 5.69 Å². The first kappa shape index (κ1) is 11.9. The first-order chi connectivity index (χ1) is 8.22. The van der Waals surface area contributed by atoms with E-state index in [1.54, 1.807) is 6.20 Å². The summed E-state index contributed by atoms with van der Waals surface area (Å²) in [6.45, 7) is 3.29. The van der Waals surface area contributed by atoms with E-state index in [1.165, 1.54) is 25.7 Å². The molecule has 0 bridgehead atoms. The summed E-state index contributed by atoms with van der Waals surface area (Å²) in [7, 11) is 0. The molecule has 0 spiro atoms. The normalized spacial score (nSPS) is 14.6. The third kappa shape index (κ3) is 2.96. The minimum Gasteiger partial charge on any atom is -0.382 e. The smallest absolute Gasteiger partial charge is 0.141 e. The Balaban J connectivity index is 2.16. The average Bonchev–Trinajstić information content (AvgIpc) is 3.14. The van der Waals surface area contributed by atoms with Crippen molar-refractivity contribution >= 4 is 11.5 Å². The summed E-state index contributed by atoms with van der Waals surface area (Å²) in [6, 6.07) is 4.63. The van der Waals surface area contributed by atoms with Gasteiger partial charge in [0.1, 0.15) is 11.5 Å². The maximum Gasteiger partial charge on any atom is 0.141 e. The Morgan fingerprint density at radius 2 is 2.35 bits per heavy atom. The molecule has 4 heteroatoms. The molecule has 1 saturated carbocycles. The Hall–Kier alpha value is -1.58. The van der Waals surface area contributed by atoms with Crippen LogP contribution in [-0.4, -0.2) is 23.4 Å². The van der Waals surface area contributed by atoms with Gasteiger partial charge >= 0.3 is 0 Å². The van der Waals surface area contributed by atoms with Crippen LogP contribution in [0.15, 0.2) is 18.3 Å². The second-order valence-electron chi connectivity index (χ2n) is 4.59. The van der Waals surface area contributed by atoms with Gasteiger partial charge in [-0.15, -0.1) is 0 Å². The van der Waals surface area contributed by atoms with Crippen molar-refractivity contribution in [2.24, 2.45) is 5.73 Å². The molecule has 17 heavy (non-hydrogen) atoms. The summed E-state index contributed by atoms with van der Waals surface area (Å²) in [5, 5.41) is 7.43. The predicted molar refractivity (Wildman–Crippen MR) is 70.5 cm³/mol. The molecule has 1 aliphatic rings. The van der Waals surface area contributed by atoms with E-state index in [4.69, 9.17) is 11.1 Å². The molecule has 1 aromatic rings. The highest BCUT2D eigenvalue weighted by molar-refractivity contribution is 5.93. The van der Waals surface area contributed by atoms with Gasteiger partial charge in [-0.05, 0) is 31.4 Å². The lowest BCUT2D eigenvalue weighted by Gasteiger charge is -2.24. The number of rotatable bonds is 6. The highest BCUT2D eigenvalue weighted by Gasteiger charge is 2.28. The molecule has 1 heterocycles. The number of nitrogen functional groups attached to an aromatic ring is 1. The van der Waals surface area contributed by atoms with Crippen LogP contribution in [0.1, 0.15) is 38.3 Å². The Labute approximate surface area is 102 Å². The summed E-state index contributed by atoms with van der Waals surface area (Å²) in [5.41, 5.74) is 7.20. The number of anilines is 1. The van der Waals surface area contributed by atoms with E-state index >= 15 is 0 Å². The van der Waals surface area contributed by atoms with E-state index in [0.29, 0.717) is 11.7 Å². The molecule has 4 nitrogen and oxygen atoms in total. The van der Waals surface area contributed by atoms with Gasteiger partial charge in [-0.3, -0.25) is 10.4 Å². The summed E-state index contributed by atoms with van der Waals surface area (Å²) >= 11 is 0. The fraction of sp³-hybridized carbons (Fsp3) is 0.538. The standard InChI is InChI=1S/C13H20N4/c1-2-3-8-17(10-4-5-10)11-6-7-16-12(9-11)13(14)15/h6-7,9-10H,2-5,8H2,1H3,(H3,14,15). The molecule has 3 N–H and O–H groups in total. The first-order valence-electron chi connectivity index (χ1n) is 6.29. The molecule has 92 valence electrons. The first-order valence-corrected chi connectivity index (χ1v) is 6.29. The van der Waals surface area contributed by atoms with Crippen LogP contribution in [-0.2, 0) is 0 Å². The Morgan fingerprint density at radius 3 is 2.94 bits per heavy atom. The van der Waals surface area contributed by atoms with Crippen molar-refractivity contribution < 1.29 is 0 Å². The molecule has 0 aliphatic heterocycles. The van der Waals surface area contributed by atoms with Crippen molar-refractivity contribution in [1.29, 1.82) is 5.41 Å². The number of nitrogens with zero attached hydrogens (tertiary/aromatic N) is 2. The maximum absolute atomic E-state index is 7.43. The Kier molecular flexibility index (Phi) is 3.61. The molecule has 0 amide bonds. The van der Waals surface area contributed by atoms with Crippen molar-refractivity contribution in [3.63, 3.8) is 0 Å². The number of nitrogens with two attached hydrogens (primary N) is 1. The van der Waals surface area contributed by atoms with Crippen LogP contribution in [0.25, 0.3) is 0 Å². The summed E-state index contributed by atoms with van der Waals surface area (Å²) in [5.74, 6) is 0.0399. The van der Waals surface area contributed by atoms with E-state index in [1.807, 2.05) is 12.1 Å². The minimum atomic E-state index is 0.0399. The summed E-state index contributed by atoms with van der Waals surface area (Å²) in [4.78, 5) is 6.53. The molecule has 2 rings (SSSR count). The zero-order valence-electron chi connectivity index (χ0n) is 10.3. The molecular formula is C13H20N4. The van der Waals surface area contributed by atoms with Crippen molar-refractivity contribution in [3.8, 4) is 0 Å². The monoisotopic (exact) mass is 232 g/mol. The van der Waals surface area contributed by atoms with Gasteiger partial charge in [0, 0.05) is 24.5 Å². The quantitative estimate of drug-likeness (QED) is 0.583.